The Morgan fingerprint density at radius 3 is 2.68 bits per heavy atom. The van der Waals surface area contributed by atoms with Crippen LogP contribution in [-0.4, -0.2) is 41.8 Å². The molecule has 5 nitrogen and oxygen atoms in total. The van der Waals surface area contributed by atoms with E-state index in [2.05, 4.69) is 11.9 Å². The molecule has 1 fully saturated rings. The smallest absolute Gasteiger partial charge is 0.272 e. The van der Waals surface area contributed by atoms with Crippen LogP contribution in [0, 0.1) is 5.92 Å². The van der Waals surface area contributed by atoms with Crippen molar-refractivity contribution in [1.29, 1.82) is 0 Å². The lowest BCUT2D eigenvalue weighted by Gasteiger charge is -2.30. The Balaban J connectivity index is 1.79. The summed E-state index contributed by atoms with van der Waals surface area (Å²) in [5.74, 6) is 0.255. The molecule has 0 spiro atoms. The highest BCUT2D eigenvalue weighted by Crippen LogP contribution is 2.19. The number of carbonyl (C=O) groups is 2. The molecule has 2 amide bonds. The molecule has 0 bridgehead atoms. The number of hydrogen-bond donors (Lipinski definition) is 0. The first-order valence-electron chi connectivity index (χ1n) is 8.64. The van der Waals surface area contributed by atoms with E-state index in [1.807, 2.05) is 35.2 Å². The minimum Gasteiger partial charge on any atom is -0.337 e. The van der Waals surface area contributed by atoms with Crippen LogP contribution in [0.3, 0.4) is 0 Å². The predicted octanol–water partition coefficient (Wildman–Crippen LogP) is 3.23. The Kier molecular flexibility index (Phi) is 5.12. The van der Waals surface area contributed by atoms with E-state index in [0.717, 1.165) is 31.6 Å². The van der Waals surface area contributed by atoms with Crippen molar-refractivity contribution in [2.24, 2.45) is 5.92 Å². The first kappa shape index (κ1) is 17.1. The van der Waals surface area contributed by atoms with Crippen molar-refractivity contribution in [2.75, 3.05) is 25.0 Å². The minimum absolute atomic E-state index is 0.0939. The second-order valence-corrected chi connectivity index (χ2v) is 6.63. The molecule has 130 valence electrons. The summed E-state index contributed by atoms with van der Waals surface area (Å²) in [5, 5.41) is 0. The molecule has 0 radical (unpaired) electrons. The fourth-order valence-electron chi connectivity index (χ4n) is 3.18. The fraction of sp³-hybridized carbons (Fsp3) is 0.350. The highest BCUT2D eigenvalue weighted by molar-refractivity contribution is 6.06. The third-order valence-corrected chi connectivity index (χ3v) is 4.62. The van der Waals surface area contributed by atoms with Gasteiger partial charge in [-0.3, -0.25) is 14.6 Å². The van der Waals surface area contributed by atoms with Crippen LogP contribution >= 0.6 is 0 Å². The van der Waals surface area contributed by atoms with Crippen molar-refractivity contribution >= 4 is 17.5 Å². The minimum atomic E-state index is -0.158. The number of amides is 2. The van der Waals surface area contributed by atoms with Crippen molar-refractivity contribution in [1.82, 2.24) is 9.88 Å². The molecule has 2 heterocycles. The maximum atomic E-state index is 12.7. The van der Waals surface area contributed by atoms with E-state index in [1.165, 1.54) is 6.20 Å². The van der Waals surface area contributed by atoms with Gasteiger partial charge in [-0.2, -0.15) is 0 Å². The molecule has 3 rings (SSSR count). The summed E-state index contributed by atoms with van der Waals surface area (Å²) in [6.07, 6.45) is 3.70. The van der Waals surface area contributed by atoms with Gasteiger partial charge >= 0.3 is 0 Å². The van der Waals surface area contributed by atoms with E-state index in [9.17, 15) is 9.59 Å². The SMILES string of the molecule is CC1CCCN(C(=O)c2cc(C(=O)N(C)c3ccccc3)ccn2)C1. The number of piperidine rings is 1. The molecule has 1 aromatic carbocycles. The highest BCUT2D eigenvalue weighted by atomic mass is 16.2. The molecule has 25 heavy (non-hydrogen) atoms. The first-order valence-corrected chi connectivity index (χ1v) is 8.64. The van der Waals surface area contributed by atoms with Gasteiger partial charge in [0, 0.05) is 37.6 Å². The average molecular weight is 337 g/mol. The number of carbonyl (C=O) groups excluding carboxylic acids is 2. The third-order valence-electron chi connectivity index (χ3n) is 4.62. The summed E-state index contributed by atoms with van der Waals surface area (Å²) < 4.78 is 0. The monoisotopic (exact) mass is 337 g/mol. The Labute approximate surface area is 148 Å². The molecule has 0 aliphatic carbocycles. The quantitative estimate of drug-likeness (QED) is 0.864. The van der Waals surface area contributed by atoms with E-state index in [-0.39, 0.29) is 11.8 Å². The van der Waals surface area contributed by atoms with E-state index in [0.29, 0.717) is 17.2 Å². The lowest BCUT2D eigenvalue weighted by atomic mass is 10.00. The number of hydrogen-bond acceptors (Lipinski definition) is 3. The maximum Gasteiger partial charge on any atom is 0.272 e. The molecule has 1 aliphatic heterocycles. The van der Waals surface area contributed by atoms with Gasteiger partial charge in [-0.05, 0) is 43.0 Å². The number of benzene rings is 1. The van der Waals surface area contributed by atoms with Crippen molar-refractivity contribution in [3.63, 3.8) is 0 Å². The largest absolute Gasteiger partial charge is 0.337 e. The first-order chi connectivity index (χ1) is 12.1. The number of rotatable bonds is 3. The Morgan fingerprint density at radius 1 is 1.20 bits per heavy atom. The Hall–Kier alpha value is -2.69. The Bertz CT molecular complexity index is 761. The number of aromatic nitrogens is 1. The molecule has 5 heteroatoms. The van der Waals surface area contributed by atoms with Gasteiger partial charge in [0.15, 0.2) is 0 Å². The number of para-hydroxylation sites is 1. The van der Waals surface area contributed by atoms with Gasteiger partial charge in [-0.1, -0.05) is 25.1 Å². The summed E-state index contributed by atoms with van der Waals surface area (Å²) >= 11 is 0. The molecule has 1 unspecified atom stereocenters. The second kappa shape index (κ2) is 7.47. The van der Waals surface area contributed by atoms with Crippen LogP contribution in [0.4, 0.5) is 5.69 Å². The summed E-state index contributed by atoms with van der Waals surface area (Å²) in [4.78, 5) is 33.0. The van der Waals surface area contributed by atoms with Gasteiger partial charge in [0.25, 0.3) is 11.8 Å². The van der Waals surface area contributed by atoms with Crippen molar-refractivity contribution in [2.45, 2.75) is 19.8 Å². The second-order valence-electron chi connectivity index (χ2n) is 6.63. The topological polar surface area (TPSA) is 53.5 Å². The highest BCUT2D eigenvalue weighted by Gasteiger charge is 2.24. The van der Waals surface area contributed by atoms with Crippen molar-refractivity contribution < 1.29 is 9.59 Å². The van der Waals surface area contributed by atoms with Gasteiger partial charge in [-0.25, -0.2) is 0 Å². The van der Waals surface area contributed by atoms with Gasteiger partial charge in [-0.15, -0.1) is 0 Å². The molecular formula is C20H23N3O2. The average Bonchev–Trinajstić information content (AvgIpc) is 2.67. The van der Waals surface area contributed by atoms with Crippen LogP contribution in [0.5, 0.6) is 0 Å². The number of pyridine rings is 1. The summed E-state index contributed by atoms with van der Waals surface area (Å²) in [7, 11) is 1.73. The Morgan fingerprint density at radius 2 is 1.96 bits per heavy atom. The van der Waals surface area contributed by atoms with Gasteiger partial charge < -0.3 is 9.80 Å². The van der Waals surface area contributed by atoms with Crippen LogP contribution in [0.2, 0.25) is 0 Å². The number of nitrogens with zero attached hydrogens (tertiary/aromatic N) is 3. The van der Waals surface area contributed by atoms with E-state index in [1.54, 1.807) is 24.1 Å². The van der Waals surface area contributed by atoms with E-state index < -0.39 is 0 Å². The van der Waals surface area contributed by atoms with Gasteiger partial charge in [0.05, 0.1) is 0 Å². The zero-order chi connectivity index (χ0) is 17.8. The predicted molar refractivity (Wildman–Crippen MR) is 97.7 cm³/mol. The maximum absolute atomic E-state index is 12.7. The molecule has 1 saturated heterocycles. The van der Waals surface area contributed by atoms with Crippen molar-refractivity contribution in [3.8, 4) is 0 Å². The van der Waals surface area contributed by atoms with E-state index in [4.69, 9.17) is 0 Å². The molecule has 0 N–H and O–H groups in total. The molecule has 2 aromatic rings. The summed E-state index contributed by atoms with van der Waals surface area (Å²) in [5.41, 5.74) is 1.61. The number of likely N-dealkylation sites (tertiary alicyclic amines) is 1. The molecule has 1 aromatic heterocycles. The van der Waals surface area contributed by atoms with E-state index >= 15 is 0 Å². The molecule has 1 atom stereocenters. The van der Waals surface area contributed by atoms with Crippen LogP contribution < -0.4 is 4.90 Å². The fourth-order valence-corrected chi connectivity index (χ4v) is 3.18. The van der Waals surface area contributed by atoms with Crippen LogP contribution in [0.25, 0.3) is 0 Å². The van der Waals surface area contributed by atoms with Crippen LogP contribution in [0.15, 0.2) is 48.7 Å². The lowest BCUT2D eigenvalue weighted by Crippen LogP contribution is -2.39. The van der Waals surface area contributed by atoms with Gasteiger partial charge in [0.2, 0.25) is 0 Å². The number of anilines is 1. The third kappa shape index (κ3) is 3.87. The van der Waals surface area contributed by atoms with Crippen LogP contribution in [0.1, 0.15) is 40.6 Å². The van der Waals surface area contributed by atoms with Crippen LogP contribution in [-0.2, 0) is 0 Å². The zero-order valence-electron chi connectivity index (χ0n) is 14.7. The molecule has 1 aliphatic rings. The normalized spacial score (nSPS) is 17.2. The van der Waals surface area contributed by atoms with Crippen molar-refractivity contribution in [3.05, 3.63) is 59.9 Å². The van der Waals surface area contributed by atoms with Gasteiger partial charge in [0.1, 0.15) is 5.69 Å². The molecular weight excluding hydrogens is 314 g/mol. The summed E-state index contributed by atoms with van der Waals surface area (Å²) in [6, 6.07) is 12.7. The zero-order valence-corrected chi connectivity index (χ0v) is 14.7. The standard InChI is InChI=1S/C20H23N3O2/c1-15-7-6-12-23(14-15)20(25)18-13-16(10-11-21-18)19(24)22(2)17-8-4-3-5-9-17/h3-5,8-11,13,15H,6-7,12,14H2,1-2H3. The molecule has 0 saturated carbocycles. The lowest BCUT2D eigenvalue weighted by molar-refractivity contribution is 0.0677. The summed E-state index contributed by atoms with van der Waals surface area (Å²) in [6.45, 7) is 3.66.